The van der Waals surface area contributed by atoms with Crippen molar-refractivity contribution in [1.29, 1.82) is 0 Å². The second kappa shape index (κ2) is 33.5. The van der Waals surface area contributed by atoms with Crippen LogP contribution in [-0.2, 0) is 98.8 Å². The maximum Gasteiger partial charge on any atom is 0.410 e. The van der Waals surface area contributed by atoms with Crippen LogP contribution in [-0.4, -0.2) is 202 Å². The van der Waals surface area contributed by atoms with E-state index < -0.39 is 157 Å². The highest BCUT2D eigenvalue weighted by Crippen LogP contribution is 2.34. The number of nitrogens with zero attached hydrogens (tertiary/aromatic N) is 3. The molecule has 2 aliphatic heterocycles. The van der Waals surface area contributed by atoms with Crippen LogP contribution in [0.5, 0.6) is 11.5 Å². The summed E-state index contributed by atoms with van der Waals surface area (Å²) in [7, 11) is 8.18. The van der Waals surface area contributed by atoms with Gasteiger partial charge in [-0.25, -0.2) is 14.4 Å². The molecule has 2 aliphatic rings. The first-order chi connectivity index (χ1) is 41.0. The maximum absolute atomic E-state index is 14.8. The van der Waals surface area contributed by atoms with E-state index in [0.29, 0.717) is 25.8 Å². The molecule has 2 fully saturated rings. The number of nitrogens with one attached hydrogen (secondary N) is 2. The van der Waals surface area contributed by atoms with Crippen LogP contribution in [0.2, 0.25) is 0 Å². The molecule has 3 N–H and O–H groups in total. The minimum absolute atomic E-state index is 0.0662. The van der Waals surface area contributed by atoms with Crippen LogP contribution in [0.4, 0.5) is 4.79 Å². The Labute approximate surface area is 508 Å². The fraction of sp³-hybridized carbons (Fsp3) is 0.639. The minimum Gasteiger partial charge on any atom is -0.507 e. The molecule has 4 rings (SSSR count). The molecule has 0 bridgehead atoms. The SMILES string of the molecule is CCC(C)[C@@H]([C@@H](CC(=O)N1CCC[C@H]1[C@H](OC)[C@@H](C)C(=O)NC(Cc1ccccc1)C(=O)OC)OC)N(C)C(=O)[C@@H](NC(=O)[C@H](C(C)C)N(C)C(=O)OCc1ccc(O[C@@H]2O[C@H](C(=O)OC)[C@@H](OC(C)=O)[C@H](OC(C)=O)[C@H]2OC(C)=O)cc1O)C(C)C. The summed E-state index contributed by atoms with van der Waals surface area (Å²) in [5, 5.41) is 16.8. The molecule has 2 aromatic carbocycles. The van der Waals surface area contributed by atoms with E-state index in [1.807, 2.05) is 44.2 Å². The first-order valence-electron chi connectivity index (χ1n) is 29.0. The fourth-order valence-corrected chi connectivity index (χ4v) is 11.1. The summed E-state index contributed by atoms with van der Waals surface area (Å²) in [6.45, 7) is 15.5. The summed E-state index contributed by atoms with van der Waals surface area (Å²) in [4.78, 5) is 138. The molecule has 0 spiro atoms. The Kier molecular flexibility index (Phi) is 27.7. The lowest BCUT2D eigenvalue weighted by Gasteiger charge is -2.43. The molecule has 5 amide bonds. The van der Waals surface area contributed by atoms with Crippen molar-refractivity contribution in [3.8, 4) is 11.5 Å². The second-order valence-corrected chi connectivity index (χ2v) is 22.5. The van der Waals surface area contributed by atoms with Gasteiger partial charge < -0.3 is 72.9 Å². The van der Waals surface area contributed by atoms with Gasteiger partial charge in [0.25, 0.3) is 0 Å². The molecule has 484 valence electrons. The van der Waals surface area contributed by atoms with Crippen molar-refractivity contribution in [1.82, 2.24) is 25.3 Å². The van der Waals surface area contributed by atoms with E-state index >= 15 is 0 Å². The number of rotatable bonds is 29. The zero-order valence-corrected chi connectivity index (χ0v) is 52.8. The molecular weight excluding hydrogens is 1140 g/mol. The van der Waals surface area contributed by atoms with Crippen molar-refractivity contribution < 1.29 is 100 Å². The molecule has 26 nitrogen and oxygen atoms in total. The summed E-state index contributed by atoms with van der Waals surface area (Å²) in [5.74, 6) is -8.80. The van der Waals surface area contributed by atoms with Crippen LogP contribution < -0.4 is 15.4 Å². The van der Waals surface area contributed by atoms with Gasteiger partial charge in [0.2, 0.25) is 36.0 Å². The smallest absolute Gasteiger partial charge is 0.410 e. The Morgan fingerprint density at radius 1 is 0.747 bits per heavy atom. The highest BCUT2D eigenvalue weighted by atomic mass is 16.7. The zero-order chi connectivity index (χ0) is 65.1. The van der Waals surface area contributed by atoms with Crippen LogP contribution in [0, 0.1) is 23.7 Å². The number of hydrogen-bond donors (Lipinski definition) is 3. The van der Waals surface area contributed by atoms with Gasteiger partial charge in [0.15, 0.2) is 18.3 Å². The van der Waals surface area contributed by atoms with Crippen LogP contribution in [0.15, 0.2) is 48.5 Å². The molecule has 2 aromatic rings. The molecule has 2 saturated heterocycles. The number of esters is 5. The molecular formula is C61H89N5O21. The van der Waals surface area contributed by atoms with Gasteiger partial charge in [0.1, 0.15) is 36.2 Å². The number of amides is 5. The third-order valence-corrected chi connectivity index (χ3v) is 15.7. The van der Waals surface area contributed by atoms with Gasteiger partial charge >= 0.3 is 35.9 Å². The van der Waals surface area contributed by atoms with Crippen molar-refractivity contribution >= 4 is 59.6 Å². The Balaban J connectivity index is 1.47. The number of phenols is 1. The third-order valence-electron chi connectivity index (χ3n) is 15.7. The van der Waals surface area contributed by atoms with Gasteiger partial charge in [-0.3, -0.25) is 38.5 Å². The number of likely N-dealkylation sites (tertiary alicyclic amines) is 1. The van der Waals surface area contributed by atoms with Crippen molar-refractivity contribution in [2.75, 3.05) is 49.1 Å². The number of aromatic hydroxyl groups is 1. The first-order valence-corrected chi connectivity index (χ1v) is 29.0. The normalized spacial score (nSPS) is 21.1. The molecule has 0 radical (unpaired) electrons. The lowest BCUT2D eigenvalue weighted by atomic mass is 9.89. The van der Waals surface area contributed by atoms with Gasteiger partial charge in [0, 0.05) is 73.7 Å². The van der Waals surface area contributed by atoms with Gasteiger partial charge in [-0.15, -0.1) is 0 Å². The largest absolute Gasteiger partial charge is 0.507 e. The molecule has 14 atom stereocenters. The molecule has 87 heavy (non-hydrogen) atoms. The average Bonchev–Trinajstić information content (AvgIpc) is 1.36. The average molecular weight is 1230 g/mol. The van der Waals surface area contributed by atoms with Gasteiger partial charge in [-0.05, 0) is 48.3 Å². The number of carbonyl (C=O) groups is 10. The summed E-state index contributed by atoms with van der Waals surface area (Å²) < 4.78 is 55.2. The summed E-state index contributed by atoms with van der Waals surface area (Å²) >= 11 is 0. The first kappa shape index (κ1) is 71.9. The maximum atomic E-state index is 14.8. The molecule has 2 unspecified atom stereocenters. The number of hydrogen-bond acceptors (Lipinski definition) is 21. The summed E-state index contributed by atoms with van der Waals surface area (Å²) in [6, 6.07) is 8.52. The lowest BCUT2D eigenvalue weighted by molar-refractivity contribution is -0.282. The van der Waals surface area contributed by atoms with Crippen LogP contribution in [0.25, 0.3) is 0 Å². The molecule has 26 heteroatoms. The molecule has 0 saturated carbocycles. The number of ether oxygens (including phenoxy) is 10. The van der Waals surface area contributed by atoms with E-state index in [4.69, 9.17) is 47.4 Å². The van der Waals surface area contributed by atoms with Crippen LogP contribution >= 0.6 is 0 Å². The van der Waals surface area contributed by atoms with E-state index in [-0.39, 0.29) is 36.0 Å². The Hall–Kier alpha value is -7.58. The summed E-state index contributed by atoms with van der Waals surface area (Å²) in [5.41, 5.74) is 0.891. The molecule has 2 heterocycles. The van der Waals surface area contributed by atoms with Crippen LogP contribution in [0.1, 0.15) is 106 Å². The Morgan fingerprint density at radius 3 is 1.91 bits per heavy atom. The van der Waals surface area contributed by atoms with Crippen molar-refractivity contribution in [3.05, 3.63) is 59.7 Å². The quantitative estimate of drug-likeness (QED) is 0.0765. The topological polar surface area (TPSA) is 317 Å². The van der Waals surface area contributed by atoms with Crippen molar-refractivity contribution in [2.24, 2.45) is 23.7 Å². The van der Waals surface area contributed by atoms with E-state index in [9.17, 15) is 53.1 Å². The number of likely N-dealkylation sites (N-methyl/N-ethyl adjacent to an activating group) is 2. The van der Waals surface area contributed by atoms with Gasteiger partial charge in [0.05, 0.1) is 50.8 Å². The van der Waals surface area contributed by atoms with E-state index in [0.717, 1.165) is 44.4 Å². The highest BCUT2D eigenvalue weighted by Gasteiger charge is 2.56. The standard InChI is InChI=1S/C61H89N5O21/c1-17-34(6)49(45(78-13)30-46(71)66-27-21-24-43(66)50(79-14)35(7)55(72)62-42(58(75)80-15)28-39-22-19-18-20-23-39)64(11)57(74)47(32(2)3)63-56(73)48(33(4)5)65(12)61(77)82-31-40-25-26-41(29-44(40)70)86-60-54(85-38(10)69)52(84-37(9)68)51(83-36(8)67)53(87-60)59(76)81-16/h18-20,22-23,25-26,29,32-35,42-43,45,47-54,60,70H,17,21,24,27-28,30-31H2,1-16H3,(H,62,72)(H,63,73)/t34?,35-,42?,43+,45-,47+,48+,49+,50-,51+,52+,53+,54-,60-/m1/s1. The van der Waals surface area contributed by atoms with E-state index in [1.165, 1.54) is 45.4 Å². The zero-order valence-electron chi connectivity index (χ0n) is 52.8. The fourth-order valence-electron chi connectivity index (χ4n) is 11.1. The Morgan fingerprint density at radius 2 is 1.37 bits per heavy atom. The van der Waals surface area contributed by atoms with Crippen molar-refractivity contribution in [3.63, 3.8) is 0 Å². The number of carbonyl (C=O) groups excluding carboxylic acids is 10. The summed E-state index contributed by atoms with van der Waals surface area (Å²) in [6.07, 6.45) is -9.08. The number of phenolic OH excluding ortho intramolecular Hbond substituents is 1. The predicted molar refractivity (Wildman–Crippen MR) is 310 cm³/mol. The molecule has 0 aliphatic carbocycles. The minimum atomic E-state index is -1.74. The monoisotopic (exact) mass is 1230 g/mol. The Bertz CT molecular complexity index is 2690. The van der Waals surface area contributed by atoms with Crippen molar-refractivity contribution in [2.45, 2.75) is 181 Å². The predicted octanol–water partition coefficient (Wildman–Crippen LogP) is 4.02. The van der Waals surface area contributed by atoms with Crippen LogP contribution in [0.3, 0.4) is 0 Å². The van der Waals surface area contributed by atoms with Gasteiger partial charge in [-0.2, -0.15) is 0 Å². The van der Waals surface area contributed by atoms with Gasteiger partial charge in [-0.1, -0.05) is 85.2 Å². The van der Waals surface area contributed by atoms with E-state index in [1.54, 1.807) is 46.6 Å². The van der Waals surface area contributed by atoms with E-state index in [2.05, 4.69) is 10.6 Å². The third kappa shape index (κ3) is 19.2. The molecule has 0 aromatic heterocycles. The highest BCUT2D eigenvalue weighted by molar-refractivity contribution is 5.92. The second-order valence-electron chi connectivity index (χ2n) is 22.5. The number of methoxy groups -OCH3 is 4. The lowest BCUT2D eigenvalue weighted by Crippen LogP contribution is -2.64. The number of benzene rings is 2.